The van der Waals surface area contributed by atoms with E-state index in [1.807, 2.05) is 12.1 Å². The number of aromatic amines is 1. The molecule has 2 aromatic heterocycles. The van der Waals surface area contributed by atoms with Crippen LogP contribution in [0.25, 0.3) is 22.6 Å². The Morgan fingerprint density at radius 2 is 1.84 bits per heavy atom. The van der Waals surface area contributed by atoms with Crippen LogP contribution in [-0.4, -0.2) is 53.6 Å². The lowest BCUT2D eigenvalue weighted by Crippen LogP contribution is -2.37. The third-order valence-electron chi connectivity index (χ3n) is 4.44. The minimum atomic E-state index is -2.34. The largest absolute Gasteiger partial charge is 0.335 e. The highest BCUT2D eigenvalue weighted by atomic mass is 35.5. The van der Waals surface area contributed by atoms with Crippen molar-refractivity contribution in [2.75, 3.05) is 24.6 Å². The molecule has 0 radical (unpaired) electrons. The first kappa shape index (κ1) is 16.8. The fourth-order valence-electron chi connectivity index (χ4n) is 2.97. The molecule has 0 saturated carbocycles. The molecule has 3 heterocycles. The van der Waals surface area contributed by atoms with Gasteiger partial charge in [-0.05, 0) is 11.6 Å². The summed E-state index contributed by atoms with van der Waals surface area (Å²) in [6, 6.07) is 9.94. The molecule has 1 aliphatic rings. The van der Waals surface area contributed by atoms with Gasteiger partial charge in [0.2, 0.25) is 0 Å². The molecule has 0 bridgehead atoms. The Balaban J connectivity index is 1.49. The van der Waals surface area contributed by atoms with Gasteiger partial charge in [0, 0.05) is 31.4 Å². The molecule has 1 aromatic carbocycles. The minimum Gasteiger partial charge on any atom is -0.335 e. The number of rotatable bonds is 3. The van der Waals surface area contributed by atoms with Crippen molar-refractivity contribution in [3.8, 4) is 11.4 Å². The normalized spacial score (nSPS) is 19.2. The number of pyridine rings is 1. The number of H-pyrrole nitrogens is 1. The van der Waals surface area contributed by atoms with Gasteiger partial charge in [-0.25, -0.2) is 9.97 Å². The molecular weight excluding hydrogens is 360 g/mol. The zero-order valence-corrected chi connectivity index (χ0v) is 15.1. The first-order valence-corrected chi connectivity index (χ1v) is 10.3. The van der Waals surface area contributed by atoms with Crippen LogP contribution in [0.15, 0.2) is 36.5 Å². The number of nitrogens with one attached hydrogen (secondary N) is 1. The molecule has 25 heavy (non-hydrogen) atoms. The highest BCUT2D eigenvalue weighted by Gasteiger charge is 2.22. The van der Waals surface area contributed by atoms with Gasteiger partial charge in [0.15, 0.2) is 5.65 Å². The SMILES string of the molecule is OS1(O)CCN(Cc2ccc(-c3nc4nccc(Cl)c4[nH]3)cc2)CC1. The van der Waals surface area contributed by atoms with E-state index in [1.54, 1.807) is 12.3 Å². The molecule has 1 aliphatic heterocycles. The number of halogens is 1. The fraction of sp³-hybridized carbons (Fsp3) is 0.294. The molecule has 1 fully saturated rings. The highest BCUT2D eigenvalue weighted by Crippen LogP contribution is 2.40. The van der Waals surface area contributed by atoms with Gasteiger partial charge < -0.3 is 4.98 Å². The lowest BCUT2D eigenvalue weighted by atomic mass is 10.1. The third kappa shape index (κ3) is 3.65. The Morgan fingerprint density at radius 3 is 2.52 bits per heavy atom. The van der Waals surface area contributed by atoms with Crippen molar-refractivity contribution >= 4 is 33.4 Å². The highest BCUT2D eigenvalue weighted by molar-refractivity contribution is 8.24. The fourth-order valence-corrected chi connectivity index (χ4v) is 4.46. The third-order valence-corrected chi connectivity index (χ3v) is 6.43. The standard InChI is InChI=1S/C17H19ClN4O2S/c18-14-5-6-19-17-15(14)20-16(21-17)13-3-1-12(2-4-13)11-22-7-9-25(23,24)10-8-22/h1-6,23-24H,7-11H2,(H,19,20,21). The molecule has 1 saturated heterocycles. The summed E-state index contributed by atoms with van der Waals surface area (Å²) in [5, 5.41) is 0.608. The van der Waals surface area contributed by atoms with Crippen molar-refractivity contribution < 1.29 is 9.11 Å². The summed E-state index contributed by atoms with van der Waals surface area (Å²) >= 11 is 6.16. The Labute approximate surface area is 152 Å². The van der Waals surface area contributed by atoms with E-state index in [2.05, 4.69) is 32.0 Å². The molecule has 6 nitrogen and oxygen atoms in total. The van der Waals surface area contributed by atoms with E-state index in [4.69, 9.17) is 11.6 Å². The maximum atomic E-state index is 9.69. The van der Waals surface area contributed by atoms with E-state index in [-0.39, 0.29) is 0 Å². The van der Waals surface area contributed by atoms with Crippen molar-refractivity contribution in [1.82, 2.24) is 19.9 Å². The molecule has 132 valence electrons. The smallest absolute Gasteiger partial charge is 0.179 e. The van der Waals surface area contributed by atoms with E-state index >= 15 is 0 Å². The quantitative estimate of drug-likeness (QED) is 0.644. The molecule has 8 heteroatoms. The molecule has 0 unspecified atom stereocenters. The van der Waals surface area contributed by atoms with Gasteiger partial charge in [-0.3, -0.25) is 14.0 Å². The van der Waals surface area contributed by atoms with E-state index in [0.717, 1.165) is 36.5 Å². The second-order valence-electron chi connectivity index (χ2n) is 6.26. The average Bonchev–Trinajstić information content (AvgIpc) is 3.03. The lowest BCUT2D eigenvalue weighted by molar-refractivity contribution is 0.278. The zero-order valence-electron chi connectivity index (χ0n) is 13.5. The number of fused-ring (bicyclic) bond motifs is 1. The molecular formula is C17H19ClN4O2S. The maximum absolute atomic E-state index is 9.69. The van der Waals surface area contributed by atoms with E-state index < -0.39 is 10.6 Å². The number of benzene rings is 1. The number of hydrogen-bond donors (Lipinski definition) is 3. The predicted molar refractivity (Wildman–Crippen MR) is 102 cm³/mol. The van der Waals surface area contributed by atoms with Crippen LogP contribution in [0, 0.1) is 0 Å². The Hall–Kier alpha value is -1.64. The second-order valence-corrected chi connectivity index (χ2v) is 9.09. The van der Waals surface area contributed by atoms with E-state index in [1.165, 1.54) is 5.56 Å². The van der Waals surface area contributed by atoms with Crippen molar-refractivity contribution in [2.24, 2.45) is 0 Å². The van der Waals surface area contributed by atoms with Gasteiger partial charge in [0.1, 0.15) is 11.3 Å². The van der Waals surface area contributed by atoms with Crippen molar-refractivity contribution in [1.29, 1.82) is 0 Å². The topological polar surface area (TPSA) is 85.3 Å². The molecule has 0 atom stereocenters. The Kier molecular flexibility index (Phi) is 4.43. The molecule has 0 amide bonds. The summed E-state index contributed by atoms with van der Waals surface area (Å²) in [4.78, 5) is 14.2. The number of aromatic nitrogens is 3. The Morgan fingerprint density at radius 1 is 1.12 bits per heavy atom. The molecule has 3 N–H and O–H groups in total. The average molecular weight is 379 g/mol. The molecule has 4 rings (SSSR count). The van der Waals surface area contributed by atoms with Crippen LogP contribution < -0.4 is 0 Å². The van der Waals surface area contributed by atoms with Gasteiger partial charge in [0.25, 0.3) is 0 Å². The van der Waals surface area contributed by atoms with Gasteiger partial charge in [-0.1, -0.05) is 35.9 Å². The first-order chi connectivity index (χ1) is 12.0. The van der Waals surface area contributed by atoms with Crippen LogP contribution in [0.5, 0.6) is 0 Å². The number of hydrogen-bond acceptors (Lipinski definition) is 5. The van der Waals surface area contributed by atoms with Gasteiger partial charge >= 0.3 is 0 Å². The van der Waals surface area contributed by atoms with Crippen LogP contribution in [0.3, 0.4) is 0 Å². The predicted octanol–water partition coefficient (Wildman–Crippen LogP) is 3.84. The Bertz CT molecular complexity index is 887. The lowest BCUT2D eigenvalue weighted by Gasteiger charge is -2.41. The molecule has 0 spiro atoms. The van der Waals surface area contributed by atoms with Crippen LogP contribution in [-0.2, 0) is 6.54 Å². The molecule has 3 aromatic rings. The number of nitrogens with zero attached hydrogens (tertiary/aromatic N) is 3. The van der Waals surface area contributed by atoms with Crippen LogP contribution >= 0.6 is 22.2 Å². The van der Waals surface area contributed by atoms with E-state index in [0.29, 0.717) is 22.2 Å². The summed E-state index contributed by atoms with van der Waals surface area (Å²) < 4.78 is 19.4. The van der Waals surface area contributed by atoms with Crippen LogP contribution in [0.1, 0.15) is 5.56 Å². The van der Waals surface area contributed by atoms with Crippen LogP contribution in [0.2, 0.25) is 5.02 Å². The minimum absolute atomic E-state index is 0.470. The van der Waals surface area contributed by atoms with Crippen LogP contribution in [0.4, 0.5) is 0 Å². The van der Waals surface area contributed by atoms with Crippen molar-refractivity contribution in [3.05, 3.63) is 47.1 Å². The molecule has 0 aliphatic carbocycles. The van der Waals surface area contributed by atoms with E-state index in [9.17, 15) is 9.11 Å². The second kappa shape index (κ2) is 6.59. The first-order valence-electron chi connectivity index (χ1n) is 8.06. The summed E-state index contributed by atoms with van der Waals surface area (Å²) in [7, 11) is -2.34. The maximum Gasteiger partial charge on any atom is 0.179 e. The van der Waals surface area contributed by atoms with Gasteiger partial charge in [-0.2, -0.15) is 10.6 Å². The summed E-state index contributed by atoms with van der Waals surface area (Å²) in [5.74, 6) is 1.68. The van der Waals surface area contributed by atoms with Gasteiger partial charge in [0.05, 0.1) is 16.5 Å². The number of imidazole rings is 1. The zero-order chi connectivity index (χ0) is 17.4. The summed E-state index contributed by atoms with van der Waals surface area (Å²) in [6.45, 7) is 2.25. The van der Waals surface area contributed by atoms with Gasteiger partial charge in [-0.15, -0.1) is 0 Å². The summed E-state index contributed by atoms with van der Waals surface area (Å²) in [6.07, 6.45) is 1.65. The summed E-state index contributed by atoms with van der Waals surface area (Å²) in [5.41, 5.74) is 3.52. The van der Waals surface area contributed by atoms with Crippen molar-refractivity contribution in [2.45, 2.75) is 6.54 Å². The van der Waals surface area contributed by atoms with Crippen molar-refractivity contribution in [3.63, 3.8) is 0 Å². The monoisotopic (exact) mass is 378 g/mol.